The lowest BCUT2D eigenvalue weighted by atomic mass is 10.1. The predicted octanol–water partition coefficient (Wildman–Crippen LogP) is 2.68. The molecule has 0 spiro atoms. The number of nitro benzene ring substituents is 1. The van der Waals surface area contributed by atoms with Gasteiger partial charge in [0.1, 0.15) is 17.2 Å². The van der Waals surface area contributed by atoms with Gasteiger partial charge in [0.05, 0.1) is 38.1 Å². The van der Waals surface area contributed by atoms with E-state index in [0.29, 0.717) is 17.2 Å². The number of benzene rings is 2. The standard InChI is InChI=1S/C20H22N4O6/c1-13(22-23-20(26)11-14-4-6-15(29-2)7-5-14)10-19(25)21-17-9-8-16(30-3)12-18(17)24(27)28/h4-9,12H,10-11H2,1-3H3,(H,21,25)(H,23,26)/b22-13+. The molecule has 0 aliphatic carbocycles. The number of ether oxygens (including phenoxy) is 2. The number of anilines is 1. The maximum atomic E-state index is 12.2. The first kappa shape index (κ1) is 22.3. The molecular weight excluding hydrogens is 392 g/mol. The normalized spacial score (nSPS) is 10.8. The van der Waals surface area contributed by atoms with Gasteiger partial charge < -0.3 is 14.8 Å². The van der Waals surface area contributed by atoms with Crippen LogP contribution in [0.15, 0.2) is 47.6 Å². The fourth-order valence-corrected chi connectivity index (χ4v) is 2.49. The third-order valence-corrected chi connectivity index (χ3v) is 3.99. The Bertz CT molecular complexity index is 956. The molecule has 0 atom stereocenters. The summed E-state index contributed by atoms with van der Waals surface area (Å²) in [5, 5.41) is 17.5. The highest BCUT2D eigenvalue weighted by atomic mass is 16.6. The van der Waals surface area contributed by atoms with E-state index in [1.165, 1.54) is 25.3 Å². The number of hydrazone groups is 1. The van der Waals surface area contributed by atoms with Gasteiger partial charge in [-0.3, -0.25) is 19.7 Å². The second-order valence-electron chi connectivity index (χ2n) is 6.27. The van der Waals surface area contributed by atoms with Gasteiger partial charge in [-0.05, 0) is 36.8 Å². The van der Waals surface area contributed by atoms with Gasteiger partial charge in [0, 0.05) is 5.71 Å². The fraction of sp³-hybridized carbons (Fsp3) is 0.250. The average molecular weight is 414 g/mol. The summed E-state index contributed by atoms with van der Waals surface area (Å²) in [4.78, 5) is 34.7. The molecule has 0 aliphatic rings. The van der Waals surface area contributed by atoms with E-state index in [2.05, 4.69) is 15.8 Å². The zero-order valence-electron chi connectivity index (χ0n) is 16.8. The lowest BCUT2D eigenvalue weighted by Crippen LogP contribution is -2.23. The Morgan fingerprint density at radius 1 is 1.03 bits per heavy atom. The largest absolute Gasteiger partial charge is 0.497 e. The highest BCUT2D eigenvalue weighted by Crippen LogP contribution is 2.29. The van der Waals surface area contributed by atoms with Crippen molar-refractivity contribution in [3.8, 4) is 11.5 Å². The van der Waals surface area contributed by atoms with Crippen LogP contribution in [0.25, 0.3) is 0 Å². The maximum Gasteiger partial charge on any atom is 0.296 e. The summed E-state index contributed by atoms with van der Waals surface area (Å²) in [5.41, 5.74) is 3.27. The van der Waals surface area contributed by atoms with Gasteiger partial charge in [0.15, 0.2) is 0 Å². The molecule has 0 radical (unpaired) electrons. The maximum absolute atomic E-state index is 12.2. The van der Waals surface area contributed by atoms with Gasteiger partial charge in [0.25, 0.3) is 5.69 Å². The minimum Gasteiger partial charge on any atom is -0.497 e. The smallest absolute Gasteiger partial charge is 0.296 e. The summed E-state index contributed by atoms with van der Waals surface area (Å²) in [7, 11) is 2.95. The highest BCUT2D eigenvalue weighted by molar-refractivity contribution is 6.06. The van der Waals surface area contributed by atoms with Crippen molar-refractivity contribution in [2.75, 3.05) is 19.5 Å². The topological polar surface area (TPSA) is 132 Å². The van der Waals surface area contributed by atoms with Gasteiger partial charge >= 0.3 is 0 Å². The Morgan fingerprint density at radius 2 is 1.67 bits per heavy atom. The molecule has 2 N–H and O–H groups in total. The molecule has 0 heterocycles. The third-order valence-electron chi connectivity index (χ3n) is 3.99. The summed E-state index contributed by atoms with van der Waals surface area (Å²) in [6.07, 6.45) is -0.0307. The second-order valence-corrected chi connectivity index (χ2v) is 6.27. The van der Waals surface area contributed by atoms with Crippen molar-refractivity contribution >= 4 is 28.9 Å². The number of amides is 2. The van der Waals surface area contributed by atoms with E-state index >= 15 is 0 Å². The molecule has 2 aromatic rings. The molecule has 0 aliphatic heterocycles. The first-order chi connectivity index (χ1) is 14.3. The summed E-state index contributed by atoms with van der Waals surface area (Å²) < 4.78 is 10.0. The Kier molecular flexibility index (Phi) is 7.86. The fourth-order valence-electron chi connectivity index (χ4n) is 2.49. The number of methoxy groups -OCH3 is 2. The molecule has 2 rings (SSSR count). The molecule has 0 aromatic heterocycles. The van der Waals surface area contributed by atoms with Crippen LogP contribution in [0.1, 0.15) is 18.9 Å². The van der Waals surface area contributed by atoms with E-state index in [0.717, 1.165) is 5.56 Å². The molecule has 158 valence electrons. The molecular formula is C20H22N4O6. The van der Waals surface area contributed by atoms with Crippen LogP contribution < -0.4 is 20.2 Å². The van der Waals surface area contributed by atoms with E-state index in [1.54, 1.807) is 38.3 Å². The molecule has 0 bridgehead atoms. The van der Waals surface area contributed by atoms with Crippen molar-refractivity contribution in [1.82, 2.24) is 5.43 Å². The molecule has 2 amide bonds. The van der Waals surface area contributed by atoms with Gasteiger partial charge in [0.2, 0.25) is 11.8 Å². The number of hydrogen-bond acceptors (Lipinski definition) is 7. The third kappa shape index (κ3) is 6.59. The van der Waals surface area contributed by atoms with Crippen molar-refractivity contribution < 1.29 is 24.0 Å². The minimum atomic E-state index is -0.613. The molecule has 2 aromatic carbocycles. The Morgan fingerprint density at radius 3 is 2.27 bits per heavy atom. The average Bonchev–Trinajstić information content (AvgIpc) is 2.73. The van der Waals surface area contributed by atoms with E-state index in [-0.39, 0.29) is 30.1 Å². The van der Waals surface area contributed by atoms with Gasteiger partial charge in [-0.2, -0.15) is 5.10 Å². The molecule has 0 saturated carbocycles. The number of carbonyl (C=O) groups is 2. The zero-order chi connectivity index (χ0) is 22.1. The number of nitrogens with one attached hydrogen (secondary N) is 2. The zero-order valence-corrected chi connectivity index (χ0v) is 16.8. The van der Waals surface area contributed by atoms with Crippen LogP contribution in [0.3, 0.4) is 0 Å². The first-order valence-electron chi connectivity index (χ1n) is 8.89. The monoisotopic (exact) mass is 414 g/mol. The summed E-state index contributed by atoms with van der Waals surface area (Å²) in [6.45, 7) is 1.57. The molecule has 30 heavy (non-hydrogen) atoms. The number of rotatable bonds is 9. The number of hydrogen-bond donors (Lipinski definition) is 2. The minimum absolute atomic E-state index is 0.0436. The van der Waals surface area contributed by atoms with Crippen LogP contribution in [0.4, 0.5) is 11.4 Å². The van der Waals surface area contributed by atoms with Crippen molar-refractivity contribution in [1.29, 1.82) is 0 Å². The lowest BCUT2D eigenvalue weighted by Gasteiger charge is -2.08. The molecule has 0 unspecified atom stereocenters. The quantitative estimate of drug-likeness (QED) is 0.368. The van der Waals surface area contributed by atoms with Crippen molar-refractivity contribution in [3.63, 3.8) is 0 Å². The first-order valence-corrected chi connectivity index (χ1v) is 8.89. The Labute approximate surface area is 173 Å². The van der Waals surface area contributed by atoms with Crippen LogP contribution in [0, 0.1) is 10.1 Å². The lowest BCUT2D eigenvalue weighted by molar-refractivity contribution is -0.384. The van der Waals surface area contributed by atoms with Crippen molar-refractivity contribution in [2.45, 2.75) is 19.8 Å². The summed E-state index contributed by atoms with van der Waals surface area (Å²) in [5.74, 6) is 0.146. The van der Waals surface area contributed by atoms with Crippen LogP contribution in [-0.2, 0) is 16.0 Å². The Hall–Kier alpha value is -3.95. The van der Waals surface area contributed by atoms with Crippen LogP contribution >= 0.6 is 0 Å². The molecule has 10 nitrogen and oxygen atoms in total. The van der Waals surface area contributed by atoms with Crippen LogP contribution in [0.5, 0.6) is 11.5 Å². The summed E-state index contributed by atoms with van der Waals surface area (Å²) >= 11 is 0. The van der Waals surface area contributed by atoms with Crippen molar-refractivity contribution in [2.24, 2.45) is 5.10 Å². The molecule has 10 heteroatoms. The van der Waals surface area contributed by atoms with E-state index < -0.39 is 10.8 Å². The second kappa shape index (κ2) is 10.6. The van der Waals surface area contributed by atoms with E-state index in [1.807, 2.05) is 0 Å². The van der Waals surface area contributed by atoms with Crippen LogP contribution in [0.2, 0.25) is 0 Å². The number of carbonyl (C=O) groups excluding carboxylic acids is 2. The van der Waals surface area contributed by atoms with Gasteiger partial charge in [-0.25, -0.2) is 5.43 Å². The number of nitro groups is 1. The highest BCUT2D eigenvalue weighted by Gasteiger charge is 2.17. The van der Waals surface area contributed by atoms with E-state index in [4.69, 9.17) is 9.47 Å². The number of nitrogens with zero attached hydrogens (tertiary/aromatic N) is 2. The Balaban J connectivity index is 1.91. The van der Waals surface area contributed by atoms with Gasteiger partial charge in [-0.15, -0.1) is 0 Å². The van der Waals surface area contributed by atoms with Gasteiger partial charge in [-0.1, -0.05) is 12.1 Å². The summed E-state index contributed by atoms with van der Waals surface area (Å²) in [6, 6.07) is 11.1. The van der Waals surface area contributed by atoms with Crippen LogP contribution in [-0.4, -0.2) is 36.7 Å². The predicted molar refractivity (Wildman–Crippen MR) is 111 cm³/mol. The molecule has 0 saturated heterocycles. The molecule has 0 fully saturated rings. The van der Waals surface area contributed by atoms with Crippen molar-refractivity contribution in [3.05, 3.63) is 58.1 Å². The van der Waals surface area contributed by atoms with E-state index in [9.17, 15) is 19.7 Å². The SMILES string of the molecule is COc1ccc(CC(=O)N/N=C(\C)CC(=O)Nc2ccc(OC)cc2[N+](=O)[O-])cc1.